The second-order valence-electron chi connectivity index (χ2n) is 4.99. The molecule has 0 aliphatic carbocycles. The molecule has 0 amide bonds. The van der Waals surface area contributed by atoms with Crippen LogP contribution < -0.4 is 0 Å². The van der Waals surface area contributed by atoms with Gasteiger partial charge in [-0.05, 0) is 30.5 Å². The van der Waals surface area contributed by atoms with Crippen LogP contribution >= 0.6 is 0 Å². The number of nitrogens with zero attached hydrogens (tertiary/aromatic N) is 2. The zero-order valence-electron chi connectivity index (χ0n) is 11.0. The van der Waals surface area contributed by atoms with Crippen molar-refractivity contribution in [1.82, 2.24) is 9.88 Å². The van der Waals surface area contributed by atoms with E-state index in [-0.39, 0.29) is 6.10 Å². The molecule has 0 saturated carbocycles. The summed E-state index contributed by atoms with van der Waals surface area (Å²) in [6, 6.07) is 4.06. The summed E-state index contributed by atoms with van der Waals surface area (Å²) in [7, 11) is 1.73. The van der Waals surface area contributed by atoms with Crippen molar-refractivity contribution in [2.45, 2.75) is 18.9 Å². The van der Waals surface area contributed by atoms with Crippen LogP contribution in [0, 0.1) is 5.92 Å². The summed E-state index contributed by atoms with van der Waals surface area (Å²) in [5, 5.41) is 10.1. The molecule has 1 aliphatic rings. The van der Waals surface area contributed by atoms with E-state index >= 15 is 0 Å². The Hall–Kier alpha value is -0.970. The molecule has 0 unspecified atom stereocenters. The number of pyridine rings is 1. The number of hydrogen-bond donors (Lipinski definition) is 1. The molecular weight excluding hydrogens is 228 g/mol. The molecule has 1 fully saturated rings. The quantitative estimate of drug-likeness (QED) is 0.764. The molecular formula is C14H22N2O2. The smallest absolute Gasteiger partial charge is 0.0710 e. The van der Waals surface area contributed by atoms with E-state index in [1.54, 1.807) is 7.11 Å². The number of aliphatic hydroxyl groups excluding tert-OH is 1. The summed E-state index contributed by atoms with van der Waals surface area (Å²) in [6.45, 7) is 3.58. The number of ether oxygens (including phenoxy) is 1. The topological polar surface area (TPSA) is 45.6 Å². The molecule has 0 spiro atoms. The molecule has 1 saturated heterocycles. The van der Waals surface area contributed by atoms with Crippen molar-refractivity contribution in [3.05, 3.63) is 30.1 Å². The van der Waals surface area contributed by atoms with E-state index in [4.69, 9.17) is 4.74 Å². The van der Waals surface area contributed by atoms with Crippen LogP contribution in [0.5, 0.6) is 0 Å². The number of β-amino-alcohol motifs (C(OH)–C–C–N with tert-alkyl or cyclic N) is 1. The van der Waals surface area contributed by atoms with Gasteiger partial charge in [-0.15, -0.1) is 0 Å². The van der Waals surface area contributed by atoms with Gasteiger partial charge < -0.3 is 14.7 Å². The molecule has 0 aromatic carbocycles. The van der Waals surface area contributed by atoms with Gasteiger partial charge in [0.1, 0.15) is 0 Å². The summed E-state index contributed by atoms with van der Waals surface area (Å²) in [6.07, 6.45) is 5.39. The summed E-state index contributed by atoms with van der Waals surface area (Å²) in [4.78, 5) is 6.35. The van der Waals surface area contributed by atoms with Crippen LogP contribution in [0.25, 0.3) is 0 Å². The van der Waals surface area contributed by atoms with Crippen molar-refractivity contribution in [2.75, 3.05) is 33.4 Å². The first kappa shape index (κ1) is 13.5. The van der Waals surface area contributed by atoms with Gasteiger partial charge in [-0.1, -0.05) is 0 Å². The number of likely N-dealkylation sites (tertiary alicyclic amines) is 1. The van der Waals surface area contributed by atoms with Crippen LogP contribution in [0.2, 0.25) is 0 Å². The minimum atomic E-state index is -0.208. The maximum atomic E-state index is 10.1. The van der Waals surface area contributed by atoms with E-state index in [9.17, 15) is 5.11 Å². The Kier molecular flexibility index (Phi) is 5.11. The predicted octanol–water partition coefficient (Wildman–Crippen LogP) is 0.953. The third-order valence-electron chi connectivity index (χ3n) is 3.55. The first-order chi connectivity index (χ1) is 8.79. The first-order valence-corrected chi connectivity index (χ1v) is 6.58. The maximum absolute atomic E-state index is 10.1. The minimum absolute atomic E-state index is 0.208. The normalized spacial score (nSPS) is 24.6. The molecule has 1 aromatic heterocycles. The van der Waals surface area contributed by atoms with Crippen molar-refractivity contribution in [3.8, 4) is 0 Å². The molecule has 0 radical (unpaired) electrons. The molecule has 2 rings (SSSR count). The van der Waals surface area contributed by atoms with Gasteiger partial charge in [0.15, 0.2) is 0 Å². The molecule has 0 bridgehead atoms. The lowest BCUT2D eigenvalue weighted by molar-refractivity contribution is 0.138. The van der Waals surface area contributed by atoms with Gasteiger partial charge in [0.05, 0.1) is 6.10 Å². The van der Waals surface area contributed by atoms with E-state index in [2.05, 4.69) is 9.88 Å². The van der Waals surface area contributed by atoms with Crippen LogP contribution in [-0.4, -0.2) is 54.4 Å². The predicted molar refractivity (Wildman–Crippen MR) is 70.4 cm³/mol. The Bertz CT molecular complexity index is 345. The number of rotatable bonds is 6. The largest absolute Gasteiger partial charge is 0.391 e. The third-order valence-corrected chi connectivity index (χ3v) is 3.55. The van der Waals surface area contributed by atoms with E-state index in [1.807, 2.05) is 24.5 Å². The van der Waals surface area contributed by atoms with Crippen LogP contribution in [0.4, 0.5) is 0 Å². The third kappa shape index (κ3) is 3.77. The summed E-state index contributed by atoms with van der Waals surface area (Å²) in [5.41, 5.74) is 1.26. The fraction of sp³-hybridized carbons (Fsp3) is 0.643. The second-order valence-corrected chi connectivity index (χ2v) is 4.99. The summed E-state index contributed by atoms with van der Waals surface area (Å²) in [5.74, 6) is 0.343. The summed E-state index contributed by atoms with van der Waals surface area (Å²) >= 11 is 0. The zero-order valence-corrected chi connectivity index (χ0v) is 11.0. The monoisotopic (exact) mass is 250 g/mol. The first-order valence-electron chi connectivity index (χ1n) is 6.58. The summed E-state index contributed by atoms with van der Waals surface area (Å²) < 4.78 is 5.05. The lowest BCUT2D eigenvalue weighted by Gasteiger charge is -2.15. The molecule has 4 nitrogen and oxygen atoms in total. The highest BCUT2D eigenvalue weighted by atomic mass is 16.5. The highest BCUT2D eigenvalue weighted by molar-refractivity contribution is 5.11. The lowest BCUT2D eigenvalue weighted by Crippen LogP contribution is -2.23. The van der Waals surface area contributed by atoms with Gasteiger partial charge in [-0.25, -0.2) is 0 Å². The number of hydrogen-bond acceptors (Lipinski definition) is 4. The highest BCUT2D eigenvalue weighted by Gasteiger charge is 2.30. The second kappa shape index (κ2) is 6.83. The molecule has 2 atom stereocenters. The van der Waals surface area contributed by atoms with Gasteiger partial charge in [0, 0.05) is 51.7 Å². The van der Waals surface area contributed by atoms with Crippen LogP contribution in [-0.2, 0) is 11.2 Å². The average Bonchev–Trinajstić information content (AvgIpc) is 2.72. The Morgan fingerprint density at radius 1 is 1.39 bits per heavy atom. The minimum Gasteiger partial charge on any atom is -0.391 e. The molecule has 1 N–H and O–H groups in total. The van der Waals surface area contributed by atoms with Crippen LogP contribution in [0.15, 0.2) is 24.5 Å². The molecule has 2 heterocycles. The Morgan fingerprint density at radius 2 is 2.17 bits per heavy atom. The Morgan fingerprint density at radius 3 is 2.89 bits per heavy atom. The van der Waals surface area contributed by atoms with E-state index in [1.165, 1.54) is 5.56 Å². The molecule has 18 heavy (non-hydrogen) atoms. The zero-order chi connectivity index (χ0) is 12.8. The van der Waals surface area contributed by atoms with Gasteiger partial charge in [-0.2, -0.15) is 0 Å². The van der Waals surface area contributed by atoms with Gasteiger partial charge in [0.2, 0.25) is 0 Å². The molecule has 1 aromatic rings. The van der Waals surface area contributed by atoms with Crippen molar-refractivity contribution >= 4 is 0 Å². The maximum Gasteiger partial charge on any atom is 0.0710 e. The fourth-order valence-electron chi connectivity index (χ4n) is 2.58. The van der Waals surface area contributed by atoms with Gasteiger partial charge >= 0.3 is 0 Å². The fourth-order valence-corrected chi connectivity index (χ4v) is 2.58. The van der Waals surface area contributed by atoms with Crippen LogP contribution in [0.3, 0.4) is 0 Å². The van der Waals surface area contributed by atoms with Gasteiger partial charge in [-0.3, -0.25) is 4.98 Å². The average molecular weight is 250 g/mol. The highest BCUT2D eigenvalue weighted by Crippen LogP contribution is 2.21. The van der Waals surface area contributed by atoms with E-state index in [0.717, 1.165) is 39.1 Å². The molecule has 100 valence electrons. The lowest BCUT2D eigenvalue weighted by atomic mass is 9.97. The Balaban J connectivity index is 1.80. The molecule has 4 heteroatoms. The van der Waals surface area contributed by atoms with Crippen molar-refractivity contribution in [3.63, 3.8) is 0 Å². The SMILES string of the molecule is COCCCN1C[C@@H](Cc2ccncc2)[C@H](O)C1. The Labute approximate surface area is 109 Å². The standard InChI is InChI=1S/C14H22N2O2/c1-18-8-2-7-16-10-13(14(17)11-16)9-12-3-5-15-6-4-12/h3-6,13-14,17H,2,7-11H2,1H3/t13-,14-/m1/s1. The van der Waals surface area contributed by atoms with E-state index in [0.29, 0.717) is 5.92 Å². The van der Waals surface area contributed by atoms with Crippen molar-refractivity contribution in [2.24, 2.45) is 5.92 Å². The number of aromatic nitrogens is 1. The van der Waals surface area contributed by atoms with Gasteiger partial charge in [0.25, 0.3) is 0 Å². The van der Waals surface area contributed by atoms with Crippen LogP contribution in [0.1, 0.15) is 12.0 Å². The van der Waals surface area contributed by atoms with Crippen molar-refractivity contribution < 1.29 is 9.84 Å². The number of aliphatic hydroxyl groups is 1. The number of methoxy groups -OCH3 is 1. The molecule has 1 aliphatic heterocycles. The van der Waals surface area contributed by atoms with E-state index < -0.39 is 0 Å². The van der Waals surface area contributed by atoms with Crippen molar-refractivity contribution in [1.29, 1.82) is 0 Å².